The summed E-state index contributed by atoms with van der Waals surface area (Å²) in [5.41, 5.74) is 4.97. The van der Waals surface area contributed by atoms with Crippen LogP contribution in [0.3, 0.4) is 0 Å². The van der Waals surface area contributed by atoms with E-state index >= 15 is 0 Å². The quantitative estimate of drug-likeness (QED) is 0.388. The van der Waals surface area contributed by atoms with Gasteiger partial charge in [-0.3, -0.25) is 9.59 Å². The topological polar surface area (TPSA) is 121 Å². The van der Waals surface area contributed by atoms with Crippen LogP contribution in [0, 0.1) is 5.92 Å². The standard InChI is InChI=1S/C7H14BNO5/c9-7(12)5(4-6(10)11)2-1-3-8(13)14/h5,13-14H,1-4H2,(H2,9,12)(H,10,11). The summed E-state index contributed by atoms with van der Waals surface area (Å²) in [4.78, 5) is 21.0. The van der Waals surface area contributed by atoms with Crippen LogP contribution in [0.2, 0.25) is 6.32 Å². The molecule has 0 saturated carbocycles. The van der Waals surface area contributed by atoms with E-state index < -0.39 is 24.9 Å². The molecular formula is C7H14BNO5. The molecule has 0 spiro atoms. The summed E-state index contributed by atoms with van der Waals surface area (Å²) < 4.78 is 0. The number of nitrogens with two attached hydrogens (primary N) is 1. The Morgan fingerprint density at radius 1 is 1.36 bits per heavy atom. The van der Waals surface area contributed by atoms with Crippen LogP contribution in [0.4, 0.5) is 0 Å². The van der Waals surface area contributed by atoms with Gasteiger partial charge in [0.1, 0.15) is 0 Å². The Kier molecular flexibility index (Phi) is 5.90. The van der Waals surface area contributed by atoms with Crippen molar-refractivity contribution in [2.24, 2.45) is 11.7 Å². The number of carbonyl (C=O) groups excluding carboxylic acids is 1. The number of rotatable bonds is 7. The first-order chi connectivity index (χ1) is 6.43. The Balaban J connectivity index is 3.86. The van der Waals surface area contributed by atoms with Crippen molar-refractivity contribution in [2.45, 2.75) is 25.6 Å². The molecule has 6 nitrogen and oxygen atoms in total. The number of primary amides is 1. The predicted molar refractivity (Wildman–Crippen MR) is 49.2 cm³/mol. The van der Waals surface area contributed by atoms with E-state index in [1.165, 1.54) is 0 Å². The molecule has 0 rings (SSSR count). The molecule has 1 amide bonds. The highest BCUT2D eigenvalue weighted by atomic mass is 16.4. The number of aliphatic carboxylic acids is 1. The molecule has 14 heavy (non-hydrogen) atoms. The zero-order valence-electron chi connectivity index (χ0n) is 7.72. The molecule has 0 aliphatic rings. The molecule has 0 fully saturated rings. The lowest BCUT2D eigenvalue weighted by atomic mass is 9.82. The highest BCUT2D eigenvalue weighted by molar-refractivity contribution is 6.40. The minimum Gasteiger partial charge on any atom is -0.481 e. The molecule has 0 heterocycles. The second-order valence-corrected chi connectivity index (χ2v) is 3.11. The van der Waals surface area contributed by atoms with E-state index in [0.29, 0.717) is 6.42 Å². The van der Waals surface area contributed by atoms with Crippen LogP contribution >= 0.6 is 0 Å². The number of amides is 1. The Hall–Kier alpha value is -1.08. The number of carbonyl (C=O) groups is 2. The van der Waals surface area contributed by atoms with Crippen molar-refractivity contribution in [2.75, 3.05) is 0 Å². The van der Waals surface area contributed by atoms with E-state index in [1.54, 1.807) is 0 Å². The first kappa shape index (κ1) is 12.9. The van der Waals surface area contributed by atoms with Gasteiger partial charge in [-0.15, -0.1) is 0 Å². The first-order valence-electron chi connectivity index (χ1n) is 4.30. The van der Waals surface area contributed by atoms with Crippen LogP contribution in [0.5, 0.6) is 0 Å². The Labute approximate surface area is 81.9 Å². The molecule has 80 valence electrons. The molecule has 0 radical (unpaired) electrons. The lowest BCUT2D eigenvalue weighted by Crippen LogP contribution is -2.26. The molecule has 0 aromatic heterocycles. The summed E-state index contributed by atoms with van der Waals surface area (Å²) >= 11 is 0. The van der Waals surface area contributed by atoms with Gasteiger partial charge in [-0.25, -0.2) is 0 Å². The number of carboxylic acids is 1. The van der Waals surface area contributed by atoms with Gasteiger partial charge in [-0.1, -0.05) is 6.42 Å². The summed E-state index contributed by atoms with van der Waals surface area (Å²) in [6.45, 7) is 0. The second kappa shape index (κ2) is 6.39. The summed E-state index contributed by atoms with van der Waals surface area (Å²) in [6, 6.07) is 0. The fourth-order valence-electron chi connectivity index (χ4n) is 1.10. The Bertz CT molecular complexity index is 208. The van der Waals surface area contributed by atoms with Crippen LogP contribution in [0.25, 0.3) is 0 Å². The smallest absolute Gasteiger partial charge is 0.451 e. The van der Waals surface area contributed by atoms with Crippen molar-refractivity contribution in [3.8, 4) is 0 Å². The second-order valence-electron chi connectivity index (χ2n) is 3.11. The average molecular weight is 203 g/mol. The van der Waals surface area contributed by atoms with E-state index in [9.17, 15) is 9.59 Å². The van der Waals surface area contributed by atoms with Crippen molar-refractivity contribution in [3.63, 3.8) is 0 Å². The maximum atomic E-state index is 10.7. The maximum absolute atomic E-state index is 10.7. The van der Waals surface area contributed by atoms with E-state index in [0.717, 1.165) is 0 Å². The molecule has 7 heteroatoms. The molecule has 1 unspecified atom stereocenters. The monoisotopic (exact) mass is 203 g/mol. The fraction of sp³-hybridized carbons (Fsp3) is 0.714. The molecule has 0 bridgehead atoms. The lowest BCUT2D eigenvalue weighted by molar-refractivity contribution is -0.140. The van der Waals surface area contributed by atoms with Crippen molar-refractivity contribution in [1.82, 2.24) is 0 Å². The first-order valence-corrected chi connectivity index (χ1v) is 4.30. The zero-order valence-corrected chi connectivity index (χ0v) is 7.72. The molecule has 0 aromatic carbocycles. The van der Waals surface area contributed by atoms with Crippen molar-refractivity contribution >= 4 is 19.0 Å². The zero-order chi connectivity index (χ0) is 11.1. The van der Waals surface area contributed by atoms with E-state index in [1.807, 2.05) is 0 Å². The van der Waals surface area contributed by atoms with E-state index in [2.05, 4.69) is 0 Å². The van der Waals surface area contributed by atoms with Gasteiger partial charge in [0.2, 0.25) is 5.91 Å². The van der Waals surface area contributed by atoms with Crippen LogP contribution in [-0.2, 0) is 9.59 Å². The maximum Gasteiger partial charge on any atom is 0.451 e. The normalized spacial score (nSPS) is 12.1. The Morgan fingerprint density at radius 2 is 1.93 bits per heavy atom. The van der Waals surface area contributed by atoms with Crippen LogP contribution in [0.15, 0.2) is 0 Å². The van der Waals surface area contributed by atoms with Gasteiger partial charge in [0.15, 0.2) is 0 Å². The van der Waals surface area contributed by atoms with Gasteiger partial charge in [0, 0.05) is 5.92 Å². The van der Waals surface area contributed by atoms with Crippen molar-refractivity contribution in [1.29, 1.82) is 0 Å². The van der Waals surface area contributed by atoms with Crippen molar-refractivity contribution in [3.05, 3.63) is 0 Å². The van der Waals surface area contributed by atoms with Gasteiger partial charge in [0.05, 0.1) is 6.42 Å². The summed E-state index contributed by atoms with van der Waals surface area (Å²) in [6.07, 6.45) is 0.429. The van der Waals surface area contributed by atoms with Gasteiger partial charge in [-0.2, -0.15) is 0 Å². The Morgan fingerprint density at radius 3 is 2.29 bits per heavy atom. The van der Waals surface area contributed by atoms with Crippen LogP contribution in [-0.4, -0.2) is 34.1 Å². The lowest BCUT2D eigenvalue weighted by Gasteiger charge is -2.09. The number of hydrogen-bond donors (Lipinski definition) is 4. The largest absolute Gasteiger partial charge is 0.481 e. The SMILES string of the molecule is NC(=O)C(CCCB(O)O)CC(=O)O. The third-order valence-corrected chi connectivity index (χ3v) is 1.84. The van der Waals surface area contributed by atoms with Gasteiger partial charge < -0.3 is 20.9 Å². The predicted octanol–water partition coefficient (Wildman–Crippen LogP) is -1.18. The highest BCUT2D eigenvalue weighted by Gasteiger charge is 2.19. The summed E-state index contributed by atoms with van der Waals surface area (Å²) in [5, 5.41) is 25.5. The number of hydrogen-bond acceptors (Lipinski definition) is 4. The van der Waals surface area contributed by atoms with Crippen molar-refractivity contribution < 1.29 is 24.7 Å². The van der Waals surface area contributed by atoms with E-state index in [-0.39, 0.29) is 19.2 Å². The molecule has 0 saturated heterocycles. The minimum absolute atomic E-state index is 0.114. The molecule has 0 aliphatic heterocycles. The summed E-state index contributed by atoms with van der Waals surface area (Å²) in [5.74, 6) is -2.48. The third kappa shape index (κ3) is 6.44. The van der Waals surface area contributed by atoms with Gasteiger partial charge in [0.25, 0.3) is 0 Å². The fourth-order valence-corrected chi connectivity index (χ4v) is 1.10. The van der Waals surface area contributed by atoms with Gasteiger partial charge >= 0.3 is 13.1 Å². The average Bonchev–Trinajstić information content (AvgIpc) is 2.00. The molecule has 5 N–H and O–H groups in total. The van der Waals surface area contributed by atoms with Crippen LogP contribution in [0.1, 0.15) is 19.3 Å². The van der Waals surface area contributed by atoms with Gasteiger partial charge in [-0.05, 0) is 12.7 Å². The van der Waals surface area contributed by atoms with Crippen LogP contribution < -0.4 is 5.73 Å². The highest BCUT2D eigenvalue weighted by Crippen LogP contribution is 2.13. The van der Waals surface area contributed by atoms with E-state index in [4.69, 9.17) is 20.9 Å². The molecular weight excluding hydrogens is 189 g/mol. The molecule has 0 aliphatic carbocycles. The number of carboxylic acid groups (broad SMARTS) is 1. The summed E-state index contributed by atoms with van der Waals surface area (Å²) in [7, 11) is -1.42. The minimum atomic E-state index is -1.42. The molecule has 1 atom stereocenters. The molecule has 0 aromatic rings. The third-order valence-electron chi connectivity index (χ3n) is 1.84.